The van der Waals surface area contributed by atoms with Crippen molar-refractivity contribution in [3.8, 4) is 0 Å². The van der Waals surface area contributed by atoms with Gasteiger partial charge in [-0.2, -0.15) is 0 Å². The second kappa shape index (κ2) is 5.74. The minimum atomic E-state index is -4.30. The first-order chi connectivity index (χ1) is 9.85. The molecule has 0 aliphatic heterocycles. The van der Waals surface area contributed by atoms with Crippen molar-refractivity contribution in [2.45, 2.75) is 11.5 Å². The van der Waals surface area contributed by atoms with Crippen LogP contribution in [0.5, 0.6) is 0 Å². The number of aliphatic hydroxyl groups is 1. The molecule has 0 unspecified atom stereocenters. The Kier molecular flexibility index (Phi) is 4.19. The van der Waals surface area contributed by atoms with E-state index in [2.05, 4.69) is 0 Å². The molecule has 0 aromatic heterocycles. The molecule has 21 heavy (non-hydrogen) atoms. The molecule has 4 nitrogen and oxygen atoms in total. The maximum Gasteiger partial charge on any atom is 0.262 e. The molecule has 0 aliphatic rings. The van der Waals surface area contributed by atoms with Crippen molar-refractivity contribution < 1.29 is 26.7 Å². The summed E-state index contributed by atoms with van der Waals surface area (Å²) in [4.78, 5) is -0.309. The van der Waals surface area contributed by atoms with Gasteiger partial charge in [0.25, 0.3) is 10.0 Å². The van der Waals surface area contributed by atoms with E-state index in [4.69, 9.17) is 5.11 Å². The van der Waals surface area contributed by atoms with Crippen LogP contribution in [-0.2, 0) is 16.6 Å². The van der Waals surface area contributed by atoms with E-state index >= 15 is 0 Å². The van der Waals surface area contributed by atoms with E-state index in [1.807, 2.05) is 0 Å². The lowest BCUT2D eigenvalue weighted by Gasteiger charge is -2.12. The average molecular weight is 317 g/mol. The molecule has 2 rings (SSSR count). The van der Waals surface area contributed by atoms with E-state index in [1.165, 1.54) is 24.3 Å². The summed E-state index contributed by atoms with van der Waals surface area (Å²) < 4.78 is 65.6. The Morgan fingerprint density at radius 1 is 1.10 bits per heavy atom. The van der Waals surface area contributed by atoms with Gasteiger partial charge in [-0.25, -0.2) is 21.6 Å². The van der Waals surface area contributed by atoms with Gasteiger partial charge in [0.2, 0.25) is 0 Å². The van der Waals surface area contributed by atoms with E-state index in [0.29, 0.717) is 12.1 Å². The molecule has 2 aromatic carbocycles. The van der Waals surface area contributed by atoms with Crippen LogP contribution in [0.2, 0.25) is 0 Å². The summed E-state index contributed by atoms with van der Waals surface area (Å²) in [6, 6.07) is 6.27. The van der Waals surface area contributed by atoms with Crippen LogP contribution in [0.15, 0.2) is 41.3 Å². The maximum absolute atomic E-state index is 13.5. The van der Waals surface area contributed by atoms with Crippen molar-refractivity contribution in [2.24, 2.45) is 0 Å². The van der Waals surface area contributed by atoms with E-state index in [1.54, 1.807) is 4.72 Å². The number of sulfonamides is 1. The molecule has 0 bridgehead atoms. The number of rotatable bonds is 4. The Morgan fingerprint density at radius 2 is 1.76 bits per heavy atom. The van der Waals surface area contributed by atoms with Gasteiger partial charge in [-0.15, -0.1) is 0 Å². The van der Waals surface area contributed by atoms with E-state index in [0.717, 1.165) is 0 Å². The molecule has 0 aliphatic carbocycles. The molecule has 8 heteroatoms. The summed E-state index contributed by atoms with van der Waals surface area (Å²) in [7, 11) is -4.30. The Balaban J connectivity index is 2.47. The van der Waals surface area contributed by atoms with Crippen molar-refractivity contribution in [2.75, 3.05) is 4.72 Å². The van der Waals surface area contributed by atoms with E-state index in [9.17, 15) is 21.6 Å². The molecule has 0 saturated carbocycles. The number of aliphatic hydroxyl groups excluding tert-OH is 1. The number of halogens is 3. The monoisotopic (exact) mass is 317 g/mol. The van der Waals surface area contributed by atoms with Crippen LogP contribution in [0.4, 0.5) is 18.9 Å². The predicted octanol–water partition coefficient (Wildman–Crippen LogP) is 2.40. The first-order valence-electron chi connectivity index (χ1n) is 5.71. The summed E-state index contributed by atoms with van der Waals surface area (Å²) in [6.45, 7) is -0.558. The van der Waals surface area contributed by atoms with Crippen molar-refractivity contribution in [3.05, 3.63) is 59.4 Å². The van der Waals surface area contributed by atoms with Gasteiger partial charge >= 0.3 is 0 Å². The van der Waals surface area contributed by atoms with Gasteiger partial charge in [-0.1, -0.05) is 18.2 Å². The van der Waals surface area contributed by atoms with Crippen LogP contribution < -0.4 is 4.72 Å². The third-order valence-electron chi connectivity index (χ3n) is 2.67. The van der Waals surface area contributed by atoms with Gasteiger partial charge in [0, 0.05) is 12.1 Å². The Morgan fingerprint density at radius 3 is 2.43 bits per heavy atom. The van der Waals surface area contributed by atoms with Crippen LogP contribution in [0.3, 0.4) is 0 Å². The molecule has 0 heterocycles. The van der Waals surface area contributed by atoms with Gasteiger partial charge in [-0.05, 0) is 11.6 Å². The third-order valence-corrected chi connectivity index (χ3v) is 4.14. The molecule has 0 amide bonds. The van der Waals surface area contributed by atoms with Crippen molar-refractivity contribution >= 4 is 15.7 Å². The van der Waals surface area contributed by atoms with Crippen LogP contribution in [-0.4, -0.2) is 13.5 Å². The number of anilines is 1. The zero-order chi connectivity index (χ0) is 15.6. The maximum atomic E-state index is 13.5. The van der Waals surface area contributed by atoms with Crippen LogP contribution in [0.1, 0.15) is 5.56 Å². The standard InChI is InChI=1S/C13H10F3NO3S/c14-9-5-10(15)13(16)11(6-9)17-21(19,20)12-4-2-1-3-8(12)7-18/h1-6,17-18H,7H2. The lowest BCUT2D eigenvalue weighted by molar-refractivity contribution is 0.278. The molecule has 0 spiro atoms. The Hall–Kier alpha value is -2.06. The minimum absolute atomic E-state index is 0.0716. The van der Waals surface area contributed by atoms with Gasteiger partial charge in [0.1, 0.15) is 5.82 Å². The zero-order valence-electron chi connectivity index (χ0n) is 10.5. The molecule has 0 saturated heterocycles. The molecule has 2 N–H and O–H groups in total. The molecule has 0 radical (unpaired) electrons. The first kappa shape index (κ1) is 15.3. The molecular formula is C13H10F3NO3S. The fourth-order valence-corrected chi connectivity index (χ4v) is 3.01. The number of hydrogen-bond acceptors (Lipinski definition) is 3. The fourth-order valence-electron chi connectivity index (χ4n) is 1.73. The van der Waals surface area contributed by atoms with Gasteiger partial charge in [0.05, 0.1) is 17.2 Å². The normalized spacial score (nSPS) is 11.4. The second-order valence-electron chi connectivity index (χ2n) is 4.12. The summed E-state index contributed by atoms with van der Waals surface area (Å²) in [6.07, 6.45) is 0. The smallest absolute Gasteiger partial charge is 0.262 e. The Labute approximate surface area is 118 Å². The topological polar surface area (TPSA) is 66.4 Å². The van der Waals surface area contributed by atoms with E-state index < -0.39 is 39.8 Å². The first-order valence-corrected chi connectivity index (χ1v) is 7.19. The number of hydrogen-bond donors (Lipinski definition) is 2. The SMILES string of the molecule is O=S(=O)(Nc1cc(F)cc(F)c1F)c1ccccc1CO. The highest BCUT2D eigenvalue weighted by Gasteiger charge is 2.21. The lowest BCUT2D eigenvalue weighted by Crippen LogP contribution is -2.16. The third kappa shape index (κ3) is 3.17. The van der Waals surface area contributed by atoms with Crippen LogP contribution in [0, 0.1) is 17.5 Å². The Bertz CT molecular complexity index is 778. The highest BCUT2D eigenvalue weighted by molar-refractivity contribution is 7.92. The minimum Gasteiger partial charge on any atom is -0.392 e. The molecule has 112 valence electrons. The molecule has 2 aromatic rings. The fraction of sp³-hybridized carbons (Fsp3) is 0.0769. The van der Waals surface area contributed by atoms with Crippen LogP contribution in [0.25, 0.3) is 0 Å². The number of benzene rings is 2. The van der Waals surface area contributed by atoms with Crippen molar-refractivity contribution in [1.29, 1.82) is 0 Å². The van der Waals surface area contributed by atoms with Gasteiger partial charge in [0.15, 0.2) is 11.6 Å². The number of nitrogens with one attached hydrogen (secondary N) is 1. The molecule has 0 atom stereocenters. The lowest BCUT2D eigenvalue weighted by atomic mass is 10.2. The highest BCUT2D eigenvalue weighted by atomic mass is 32.2. The predicted molar refractivity (Wildman–Crippen MR) is 69.5 cm³/mol. The summed E-state index contributed by atoms with van der Waals surface area (Å²) >= 11 is 0. The summed E-state index contributed by atoms with van der Waals surface area (Å²) in [5.41, 5.74) is -0.775. The average Bonchev–Trinajstić information content (AvgIpc) is 2.44. The highest BCUT2D eigenvalue weighted by Crippen LogP contribution is 2.24. The van der Waals surface area contributed by atoms with Gasteiger partial charge < -0.3 is 5.11 Å². The summed E-state index contributed by atoms with van der Waals surface area (Å²) in [5, 5.41) is 9.10. The van der Waals surface area contributed by atoms with Crippen molar-refractivity contribution in [3.63, 3.8) is 0 Å². The van der Waals surface area contributed by atoms with E-state index in [-0.39, 0.29) is 10.5 Å². The molecular weight excluding hydrogens is 307 g/mol. The molecule has 0 fully saturated rings. The van der Waals surface area contributed by atoms with Crippen LogP contribution >= 0.6 is 0 Å². The summed E-state index contributed by atoms with van der Waals surface area (Å²) in [5.74, 6) is -4.15. The second-order valence-corrected chi connectivity index (χ2v) is 5.77. The zero-order valence-corrected chi connectivity index (χ0v) is 11.3. The van der Waals surface area contributed by atoms with Gasteiger partial charge in [-0.3, -0.25) is 4.72 Å². The largest absolute Gasteiger partial charge is 0.392 e. The van der Waals surface area contributed by atoms with Crippen molar-refractivity contribution in [1.82, 2.24) is 0 Å². The quantitative estimate of drug-likeness (QED) is 0.851.